The van der Waals surface area contributed by atoms with E-state index in [0.717, 1.165) is 18.7 Å². The summed E-state index contributed by atoms with van der Waals surface area (Å²) in [6.07, 6.45) is 11.9. The monoisotopic (exact) mass is 348 g/mol. The molecule has 1 N–H and O–H groups in total. The number of hydrogen-bond acceptors (Lipinski definition) is 5. The molecule has 0 amide bonds. The van der Waals surface area contributed by atoms with E-state index in [0.29, 0.717) is 13.1 Å². The van der Waals surface area contributed by atoms with Crippen LogP contribution in [0.4, 0.5) is 0 Å². The molecule has 0 aliphatic carbocycles. The Hall–Kier alpha value is -0.100. The molecule has 24 heavy (non-hydrogen) atoms. The van der Waals surface area contributed by atoms with Gasteiger partial charge in [-0.2, -0.15) is 0 Å². The van der Waals surface area contributed by atoms with Gasteiger partial charge >= 0.3 is 29.6 Å². The van der Waals surface area contributed by atoms with E-state index in [4.69, 9.17) is 0 Å². The Labute approximate surface area is 169 Å². The quantitative estimate of drug-likeness (QED) is 0.359. The van der Waals surface area contributed by atoms with E-state index < -0.39 is 11.7 Å². The number of aliphatic carboxylic acids is 1. The fourth-order valence-corrected chi connectivity index (χ4v) is 3.19. The fourth-order valence-electron chi connectivity index (χ4n) is 3.19. The van der Waals surface area contributed by atoms with E-state index in [1.807, 2.05) is 0 Å². The van der Waals surface area contributed by atoms with Gasteiger partial charge < -0.3 is 19.9 Å². The summed E-state index contributed by atoms with van der Waals surface area (Å²) in [7, 11) is 0. The van der Waals surface area contributed by atoms with Crippen molar-refractivity contribution in [2.24, 2.45) is 4.99 Å². The summed E-state index contributed by atoms with van der Waals surface area (Å²) in [6, 6.07) is 0. The summed E-state index contributed by atoms with van der Waals surface area (Å²) in [5.74, 6) is -0.386. The molecule has 0 fully saturated rings. The summed E-state index contributed by atoms with van der Waals surface area (Å²) in [4.78, 5) is 16.9. The molecule has 1 aliphatic rings. The van der Waals surface area contributed by atoms with Gasteiger partial charge in [-0.15, -0.1) is 0 Å². The number of unbranched alkanes of at least 4 members (excludes halogenated alkanes) is 8. The Bertz CT molecular complexity index is 386. The van der Waals surface area contributed by atoms with Gasteiger partial charge in [-0.3, -0.25) is 4.99 Å². The van der Waals surface area contributed by atoms with Crippen LogP contribution in [0.2, 0.25) is 0 Å². The Morgan fingerprint density at radius 3 is 2.25 bits per heavy atom. The van der Waals surface area contributed by atoms with Crippen molar-refractivity contribution in [1.29, 1.82) is 0 Å². The number of aliphatic hydroxyl groups is 1. The number of nitrogens with zero attached hydrogens (tertiary/aromatic N) is 2. The van der Waals surface area contributed by atoms with Gasteiger partial charge in [0.1, 0.15) is 11.6 Å². The number of carboxylic acids is 1. The number of hydrogen-bond donors (Lipinski definition) is 1. The predicted octanol–water partition coefficient (Wildman–Crippen LogP) is -0.526. The van der Waals surface area contributed by atoms with Gasteiger partial charge in [0.25, 0.3) is 0 Å². The first kappa shape index (κ1) is 23.9. The summed E-state index contributed by atoms with van der Waals surface area (Å²) < 4.78 is 0. The molecule has 1 heterocycles. The van der Waals surface area contributed by atoms with Gasteiger partial charge in [-0.1, -0.05) is 58.3 Å². The van der Waals surface area contributed by atoms with Gasteiger partial charge in [0.05, 0.1) is 6.54 Å². The molecule has 0 aromatic rings. The van der Waals surface area contributed by atoms with Crippen LogP contribution in [-0.4, -0.2) is 40.6 Å². The number of amidine groups is 1. The van der Waals surface area contributed by atoms with Crippen LogP contribution >= 0.6 is 0 Å². The van der Waals surface area contributed by atoms with E-state index >= 15 is 0 Å². The molecule has 134 valence electrons. The van der Waals surface area contributed by atoms with Crippen LogP contribution < -0.4 is 34.7 Å². The van der Waals surface area contributed by atoms with Crippen LogP contribution in [-0.2, 0) is 4.79 Å². The first-order valence-electron chi connectivity index (χ1n) is 9.20. The second-order valence-electron chi connectivity index (χ2n) is 6.79. The van der Waals surface area contributed by atoms with Crippen molar-refractivity contribution in [2.75, 3.05) is 13.1 Å². The number of carboxylic acid groups (broad SMARTS) is 1. The molecule has 0 radical (unpaired) electrons. The fraction of sp³-hybridized carbons (Fsp3) is 0.889. The van der Waals surface area contributed by atoms with Crippen molar-refractivity contribution in [3.8, 4) is 0 Å². The standard InChI is InChI=1S/C18H34N2O3.Na/c1-3-4-5-6-7-8-9-10-11-12-16-19-13-14-20(16)18(2,23)15-17(21)22;/h23H,3-15H2,1-2H3,(H,21,22);/q;+1/p-1. The van der Waals surface area contributed by atoms with Gasteiger partial charge in [-0.25, -0.2) is 0 Å². The van der Waals surface area contributed by atoms with Crippen molar-refractivity contribution >= 4 is 11.8 Å². The summed E-state index contributed by atoms with van der Waals surface area (Å²) in [5, 5.41) is 21.1. The van der Waals surface area contributed by atoms with Crippen LogP contribution in [0.15, 0.2) is 4.99 Å². The zero-order valence-electron chi connectivity index (χ0n) is 15.9. The molecular weight excluding hydrogens is 315 g/mol. The molecule has 1 rings (SSSR count). The molecule has 0 bridgehead atoms. The average Bonchev–Trinajstić information content (AvgIpc) is 2.93. The SMILES string of the molecule is CCCCCCCCCCCC1=NCCN1C(C)(O)CC(=O)[O-].[Na+]. The summed E-state index contributed by atoms with van der Waals surface area (Å²) in [6.45, 7) is 4.99. The molecule has 0 saturated heterocycles. The normalized spacial score (nSPS) is 16.5. The Morgan fingerprint density at radius 1 is 1.17 bits per heavy atom. The molecule has 0 aromatic heterocycles. The van der Waals surface area contributed by atoms with Crippen LogP contribution in [0.25, 0.3) is 0 Å². The molecule has 1 atom stereocenters. The number of carbonyl (C=O) groups excluding carboxylic acids is 1. The third-order valence-electron chi connectivity index (χ3n) is 4.49. The van der Waals surface area contributed by atoms with Crippen LogP contribution in [0, 0.1) is 0 Å². The summed E-state index contributed by atoms with van der Waals surface area (Å²) in [5.41, 5.74) is -1.40. The van der Waals surface area contributed by atoms with Crippen LogP contribution in [0.3, 0.4) is 0 Å². The molecule has 1 unspecified atom stereocenters. The Morgan fingerprint density at radius 2 is 1.71 bits per heavy atom. The van der Waals surface area contributed by atoms with E-state index in [9.17, 15) is 15.0 Å². The third kappa shape index (κ3) is 9.40. The minimum atomic E-state index is -1.40. The molecule has 0 aromatic carbocycles. The predicted molar refractivity (Wildman–Crippen MR) is 91.1 cm³/mol. The molecule has 0 saturated carbocycles. The van der Waals surface area contributed by atoms with Crippen molar-refractivity contribution in [3.63, 3.8) is 0 Å². The van der Waals surface area contributed by atoms with Crippen molar-refractivity contribution in [3.05, 3.63) is 0 Å². The Kier molecular flexibility index (Phi) is 13.1. The smallest absolute Gasteiger partial charge is 0.550 e. The zero-order valence-corrected chi connectivity index (χ0v) is 17.9. The Balaban J connectivity index is 0.00000529. The zero-order chi connectivity index (χ0) is 17.1. The maximum Gasteiger partial charge on any atom is 1.00 e. The molecule has 6 heteroatoms. The molecular formula is C18H33N2NaO3. The van der Waals surface area contributed by atoms with Crippen LogP contribution in [0.5, 0.6) is 0 Å². The van der Waals surface area contributed by atoms with Gasteiger partial charge in [0.2, 0.25) is 0 Å². The van der Waals surface area contributed by atoms with Gasteiger partial charge in [0, 0.05) is 25.4 Å². The summed E-state index contributed by atoms with van der Waals surface area (Å²) >= 11 is 0. The van der Waals surface area contributed by atoms with E-state index in [2.05, 4.69) is 11.9 Å². The minimum Gasteiger partial charge on any atom is -0.550 e. The molecule has 1 aliphatic heterocycles. The average molecular weight is 348 g/mol. The van der Waals surface area contributed by atoms with E-state index in [1.165, 1.54) is 58.3 Å². The van der Waals surface area contributed by atoms with Gasteiger partial charge in [0.15, 0.2) is 0 Å². The second-order valence-corrected chi connectivity index (χ2v) is 6.79. The van der Waals surface area contributed by atoms with Gasteiger partial charge in [-0.05, 0) is 13.3 Å². The van der Waals surface area contributed by atoms with E-state index in [-0.39, 0.29) is 36.0 Å². The third-order valence-corrected chi connectivity index (χ3v) is 4.49. The van der Waals surface area contributed by atoms with Crippen molar-refractivity contribution in [1.82, 2.24) is 4.90 Å². The van der Waals surface area contributed by atoms with E-state index in [1.54, 1.807) is 4.90 Å². The number of rotatable bonds is 13. The molecule has 0 spiro atoms. The van der Waals surface area contributed by atoms with Crippen molar-refractivity contribution < 1.29 is 44.6 Å². The van der Waals surface area contributed by atoms with Crippen molar-refractivity contribution in [2.45, 2.75) is 90.2 Å². The second kappa shape index (κ2) is 13.2. The minimum absolute atomic E-state index is 0. The first-order chi connectivity index (χ1) is 11.0. The molecule has 5 nitrogen and oxygen atoms in total. The largest absolute Gasteiger partial charge is 1.00 e. The maximum absolute atomic E-state index is 10.8. The first-order valence-corrected chi connectivity index (χ1v) is 9.20. The number of carbonyl (C=O) groups is 1. The number of aliphatic imine (C=N–C) groups is 1. The topological polar surface area (TPSA) is 76.0 Å². The van der Waals surface area contributed by atoms with Crippen LogP contribution in [0.1, 0.15) is 84.5 Å². The maximum atomic E-state index is 10.8.